The Hall–Kier alpha value is -2.10. The summed E-state index contributed by atoms with van der Waals surface area (Å²) < 4.78 is 6.51. The molecule has 0 unspecified atom stereocenters. The highest BCUT2D eigenvalue weighted by Crippen LogP contribution is 2.08. The van der Waals surface area contributed by atoms with Gasteiger partial charge in [0, 0.05) is 11.6 Å². The van der Waals surface area contributed by atoms with E-state index in [0.29, 0.717) is 17.9 Å². The van der Waals surface area contributed by atoms with Crippen LogP contribution in [0.5, 0.6) is 0 Å². The van der Waals surface area contributed by atoms with Gasteiger partial charge in [-0.1, -0.05) is 32.0 Å². The minimum Gasteiger partial charge on any atom is -0.464 e. The molecule has 0 bridgehead atoms. The van der Waals surface area contributed by atoms with Crippen molar-refractivity contribution in [3.8, 4) is 0 Å². The van der Waals surface area contributed by atoms with Crippen molar-refractivity contribution in [3.05, 3.63) is 46.9 Å². The summed E-state index contributed by atoms with van der Waals surface area (Å²) in [6.45, 7) is 4.50. The molecule has 0 aliphatic carbocycles. The van der Waals surface area contributed by atoms with E-state index in [1.807, 2.05) is 24.3 Å². The Labute approximate surface area is 118 Å². The van der Waals surface area contributed by atoms with Gasteiger partial charge in [0.15, 0.2) is 0 Å². The summed E-state index contributed by atoms with van der Waals surface area (Å²) in [5.41, 5.74) is -0.163. The Morgan fingerprint density at radius 3 is 2.75 bits per heavy atom. The highest BCUT2D eigenvalue weighted by molar-refractivity contribution is 5.81. The molecule has 1 heterocycles. The van der Waals surface area contributed by atoms with E-state index < -0.39 is 0 Å². The Morgan fingerprint density at radius 2 is 2.00 bits per heavy atom. The van der Waals surface area contributed by atoms with Gasteiger partial charge >= 0.3 is 5.97 Å². The number of benzene rings is 1. The number of ether oxygens (including phenoxy) is 1. The molecule has 20 heavy (non-hydrogen) atoms. The highest BCUT2D eigenvalue weighted by atomic mass is 16.5. The third kappa shape index (κ3) is 3.47. The minimum atomic E-state index is -0.372. The first-order valence-corrected chi connectivity index (χ1v) is 6.81. The van der Waals surface area contributed by atoms with Crippen molar-refractivity contribution in [3.63, 3.8) is 0 Å². The van der Waals surface area contributed by atoms with Gasteiger partial charge in [-0.3, -0.25) is 9.59 Å². The molecule has 1 aromatic heterocycles. The second-order valence-corrected chi connectivity index (χ2v) is 5.24. The third-order valence-corrected chi connectivity index (χ3v) is 3.14. The van der Waals surface area contributed by atoms with Crippen molar-refractivity contribution in [2.45, 2.75) is 26.8 Å². The SMILES string of the molecule is CC(C)CCOC(=O)Cn1ccc2ccccc2c1=O. The van der Waals surface area contributed by atoms with Crippen molar-refractivity contribution in [1.29, 1.82) is 0 Å². The molecule has 0 aliphatic rings. The van der Waals surface area contributed by atoms with Gasteiger partial charge in [-0.15, -0.1) is 0 Å². The molecule has 0 aliphatic heterocycles. The smallest absolute Gasteiger partial charge is 0.326 e. The first-order chi connectivity index (χ1) is 9.58. The Balaban J connectivity index is 2.08. The molecule has 0 amide bonds. The van der Waals surface area contributed by atoms with E-state index in [2.05, 4.69) is 13.8 Å². The average molecular weight is 273 g/mol. The number of carbonyl (C=O) groups is 1. The number of fused-ring (bicyclic) bond motifs is 1. The lowest BCUT2D eigenvalue weighted by atomic mass is 10.1. The molecular weight excluding hydrogens is 254 g/mol. The largest absolute Gasteiger partial charge is 0.464 e. The quantitative estimate of drug-likeness (QED) is 0.787. The van der Waals surface area contributed by atoms with Crippen LogP contribution < -0.4 is 5.56 Å². The van der Waals surface area contributed by atoms with Crippen molar-refractivity contribution in [2.24, 2.45) is 5.92 Å². The molecule has 2 rings (SSSR count). The summed E-state index contributed by atoms with van der Waals surface area (Å²) >= 11 is 0. The second kappa shape index (κ2) is 6.37. The second-order valence-electron chi connectivity index (χ2n) is 5.24. The normalized spacial score (nSPS) is 10.9. The maximum absolute atomic E-state index is 12.2. The van der Waals surface area contributed by atoms with Gasteiger partial charge in [0.05, 0.1) is 6.61 Å². The molecule has 0 saturated heterocycles. The number of carbonyl (C=O) groups excluding carboxylic acids is 1. The molecule has 106 valence electrons. The average Bonchev–Trinajstić information content (AvgIpc) is 2.42. The van der Waals surface area contributed by atoms with Crippen LogP contribution in [0.2, 0.25) is 0 Å². The first kappa shape index (κ1) is 14.3. The van der Waals surface area contributed by atoms with Crippen LogP contribution in [0, 0.1) is 5.92 Å². The number of hydrogen-bond donors (Lipinski definition) is 0. The first-order valence-electron chi connectivity index (χ1n) is 6.81. The molecule has 0 saturated carbocycles. The molecule has 2 aromatic rings. The lowest BCUT2D eigenvalue weighted by molar-refractivity contribution is -0.144. The fraction of sp³-hybridized carbons (Fsp3) is 0.375. The standard InChI is InChI=1S/C16H19NO3/c1-12(2)8-10-20-15(18)11-17-9-7-13-5-3-4-6-14(13)16(17)19/h3-7,9,12H,8,10-11H2,1-2H3. The topological polar surface area (TPSA) is 48.3 Å². The summed E-state index contributed by atoms with van der Waals surface area (Å²) in [6.07, 6.45) is 2.47. The summed E-state index contributed by atoms with van der Waals surface area (Å²) in [4.78, 5) is 23.9. The van der Waals surface area contributed by atoms with Crippen LogP contribution in [-0.4, -0.2) is 17.1 Å². The summed E-state index contributed by atoms with van der Waals surface area (Å²) in [6, 6.07) is 9.17. The number of aromatic nitrogens is 1. The number of esters is 1. The van der Waals surface area contributed by atoms with E-state index in [9.17, 15) is 9.59 Å². The van der Waals surface area contributed by atoms with Crippen LogP contribution in [0.25, 0.3) is 10.8 Å². The van der Waals surface area contributed by atoms with Gasteiger partial charge in [0.1, 0.15) is 6.54 Å². The van der Waals surface area contributed by atoms with Crippen molar-refractivity contribution < 1.29 is 9.53 Å². The Kier molecular flexibility index (Phi) is 4.56. The van der Waals surface area contributed by atoms with Crippen LogP contribution in [0.1, 0.15) is 20.3 Å². The Bertz CT molecular complexity index is 658. The zero-order chi connectivity index (χ0) is 14.5. The number of hydrogen-bond acceptors (Lipinski definition) is 3. The van der Waals surface area contributed by atoms with Crippen LogP contribution >= 0.6 is 0 Å². The molecule has 0 spiro atoms. The van der Waals surface area contributed by atoms with E-state index in [1.165, 1.54) is 4.57 Å². The molecular formula is C16H19NO3. The van der Waals surface area contributed by atoms with E-state index >= 15 is 0 Å². The maximum Gasteiger partial charge on any atom is 0.326 e. The molecule has 4 nitrogen and oxygen atoms in total. The van der Waals surface area contributed by atoms with Crippen molar-refractivity contribution in [2.75, 3.05) is 6.61 Å². The van der Waals surface area contributed by atoms with Crippen molar-refractivity contribution >= 4 is 16.7 Å². The number of rotatable bonds is 5. The van der Waals surface area contributed by atoms with Crippen LogP contribution in [0.15, 0.2) is 41.3 Å². The number of pyridine rings is 1. The zero-order valence-electron chi connectivity index (χ0n) is 11.8. The fourth-order valence-electron chi connectivity index (χ4n) is 1.95. The number of nitrogens with zero attached hydrogens (tertiary/aromatic N) is 1. The van der Waals surface area contributed by atoms with E-state index in [0.717, 1.165) is 11.8 Å². The lowest BCUT2D eigenvalue weighted by Crippen LogP contribution is -2.25. The van der Waals surface area contributed by atoms with E-state index in [4.69, 9.17) is 4.74 Å². The summed E-state index contributed by atoms with van der Waals surface area (Å²) in [7, 11) is 0. The fourth-order valence-corrected chi connectivity index (χ4v) is 1.95. The van der Waals surface area contributed by atoms with E-state index in [-0.39, 0.29) is 18.1 Å². The summed E-state index contributed by atoms with van der Waals surface area (Å²) in [5, 5.41) is 1.49. The summed E-state index contributed by atoms with van der Waals surface area (Å²) in [5.74, 6) is 0.120. The monoisotopic (exact) mass is 273 g/mol. The van der Waals surface area contributed by atoms with Gasteiger partial charge in [-0.05, 0) is 29.9 Å². The molecule has 0 atom stereocenters. The molecule has 0 N–H and O–H groups in total. The lowest BCUT2D eigenvalue weighted by Gasteiger charge is -2.09. The minimum absolute atomic E-state index is 0.0399. The van der Waals surface area contributed by atoms with Crippen LogP contribution in [-0.2, 0) is 16.1 Å². The van der Waals surface area contributed by atoms with Crippen LogP contribution in [0.4, 0.5) is 0 Å². The molecule has 0 radical (unpaired) electrons. The van der Waals surface area contributed by atoms with Gasteiger partial charge in [0.2, 0.25) is 0 Å². The zero-order valence-corrected chi connectivity index (χ0v) is 11.8. The highest BCUT2D eigenvalue weighted by Gasteiger charge is 2.08. The maximum atomic E-state index is 12.2. The third-order valence-electron chi connectivity index (χ3n) is 3.14. The predicted octanol–water partition coefficient (Wildman–Crippen LogP) is 2.59. The predicted molar refractivity (Wildman–Crippen MR) is 78.6 cm³/mol. The molecule has 0 fully saturated rings. The van der Waals surface area contributed by atoms with Gasteiger partial charge in [-0.25, -0.2) is 0 Å². The van der Waals surface area contributed by atoms with Crippen LogP contribution in [0.3, 0.4) is 0 Å². The van der Waals surface area contributed by atoms with Crippen molar-refractivity contribution in [1.82, 2.24) is 4.57 Å². The van der Waals surface area contributed by atoms with Gasteiger partial charge < -0.3 is 9.30 Å². The van der Waals surface area contributed by atoms with E-state index in [1.54, 1.807) is 12.3 Å². The molecule has 4 heteroatoms. The molecule has 1 aromatic carbocycles. The van der Waals surface area contributed by atoms with Gasteiger partial charge in [0.25, 0.3) is 5.56 Å². The van der Waals surface area contributed by atoms with Gasteiger partial charge in [-0.2, -0.15) is 0 Å². The Morgan fingerprint density at radius 1 is 1.25 bits per heavy atom.